The maximum atomic E-state index is 6.14. The lowest BCUT2D eigenvalue weighted by Gasteiger charge is -2.03. The third kappa shape index (κ3) is 3.42. The Kier molecular flexibility index (Phi) is 4.24. The summed E-state index contributed by atoms with van der Waals surface area (Å²) in [6, 6.07) is 0. The molecule has 0 aliphatic heterocycles. The van der Waals surface area contributed by atoms with Crippen molar-refractivity contribution in [3.05, 3.63) is 7.11 Å². The van der Waals surface area contributed by atoms with Crippen LogP contribution in [-0.2, 0) is 4.74 Å². The van der Waals surface area contributed by atoms with Gasteiger partial charge in [-0.2, -0.15) is 0 Å². The van der Waals surface area contributed by atoms with Gasteiger partial charge in [-0.15, -0.1) is 23.2 Å². The fraction of sp³-hybridized carbons (Fsp3) is 0.667. The van der Waals surface area contributed by atoms with Crippen LogP contribution in [0.4, 0.5) is 0 Å². The second-order valence-electron chi connectivity index (χ2n) is 0.803. The molecule has 0 aliphatic carbocycles. The molecular weight excluding hydrogens is 158 g/mol. The van der Waals surface area contributed by atoms with Crippen LogP contribution in [0.5, 0.6) is 0 Å². The summed E-state index contributed by atoms with van der Waals surface area (Å²) in [5.41, 5.74) is -0.927. The molecule has 0 N–H and O–H groups in total. The van der Waals surface area contributed by atoms with Gasteiger partial charge in [0.1, 0.15) is 4.84 Å². The van der Waals surface area contributed by atoms with Crippen molar-refractivity contribution in [2.75, 3.05) is 0 Å². The Balaban J connectivity index is 3.14. The van der Waals surface area contributed by atoms with Crippen LogP contribution in [0.1, 0.15) is 0 Å². The summed E-state index contributed by atoms with van der Waals surface area (Å²) < 4.78 is 3.76. The maximum absolute atomic E-state index is 6.14. The van der Waals surface area contributed by atoms with E-state index >= 15 is 0 Å². The first-order chi connectivity index (χ1) is 3.18. The van der Waals surface area contributed by atoms with E-state index in [0.29, 0.717) is 0 Å². The molecule has 4 heteroatoms. The summed E-state index contributed by atoms with van der Waals surface area (Å²) in [5, 5.41) is 0. The maximum Gasteiger partial charge on any atom is 0.175 e. The number of hydrogen-bond donors (Lipinski definition) is 0. The average Bonchev–Trinajstić information content (AvgIpc) is 1.65. The Bertz CT molecular complexity index is 47.4. The number of ether oxygens (including phenoxy) is 1. The molecule has 0 spiro atoms. The molecular formula is C3H2Cl3O. The van der Waals surface area contributed by atoms with Crippen LogP contribution in [0, 0.1) is 7.11 Å². The van der Waals surface area contributed by atoms with Gasteiger partial charge >= 0.3 is 0 Å². The van der Waals surface area contributed by atoms with E-state index in [-0.39, 0.29) is 0 Å². The van der Waals surface area contributed by atoms with E-state index in [9.17, 15) is 0 Å². The van der Waals surface area contributed by atoms with Crippen LogP contribution in [0.15, 0.2) is 0 Å². The largest absolute Gasteiger partial charge is 0.343 e. The van der Waals surface area contributed by atoms with E-state index in [1.165, 1.54) is 0 Å². The molecule has 0 saturated carbocycles. The highest BCUT2D eigenvalue weighted by Crippen LogP contribution is 2.13. The SMILES string of the molecule is [C]OC(Cl)C(Cl)Cl. The van der Waals surface area contributed by atoms with Crippen LogP contribution < -0.4 is 0 Å². The number of alkyl halides is 3. The predicted octanol–water partition coefficient (Wildman–Crippen LogP) is 1.92. The van der Waals surface area contributed by atoms with Crippen LogP contribution in [0.25, 0.3) is 0 Å². The van der Waals surface area contributed by atoms with E-state index in [1.54, 1.807) is 0 Å². The standard InChI is InChI=1S/C3H2Cl3O/c1-7-3(6)2(4)5/h2-3H. The summed E-state index contributed by atoms with van der Waals surface area (Å²) in [7, 11) is 6.14. The van der Waals surface area contributed by atoms with Crippen molar-refractivity contribution in [2.45, 2.75) is 10.4 Å². The van der Waals surface area contributed by atoms with Gasteiger partial charge in [0.15, 0.2) is 12.7 Å². The Hall–Kier alpha value is 0.830. The molecule has 0 aromatic rings. The van der Waals surface area contributed by atoms with E-state index in [1.807, 2.05) is 0 Å². The lowest BCUT2D eigenvalue weighted by molar-refractivity contribution is 0.220. The number of halogens is 3. The minimum atomic E-state index is -0.927. The van der Waals surface area contributed by atoms with Gasteiger partial charge in [-0.05, 0) is 0 Å². The van der Waals surface area contributed by atoms with E-state index < -0.39 is 10.4 Å². The predicted molar refractivity (Wildman–Crippen MR) is 29.5 cm³/mol. The lowest BCUT2D eigenvalue weighted by atomic mass is 10.8. The third-order valence-corrected chi connectivity index (χ3v) is 1.37. The van der Waals surface area contributed by atoms with Crippen molar-refractivity contribution in [1.82, 2.24) is 0 Å². The molecule has 0 rings (SSSR count). The molecule has 7 heavy (non-hydrogen) atoms. The fourth-order valence-corrected chi connectivity index (χ4v) is 0.154. The van der Waals surface area contributed by atoms with Gasteiger partial charge in [0.25, 0.3) is 0 Å². The summed E-state index contributed by atoms with van der Waals surface area (Å²) in [4.78, 5) is -0.834. The van der Waals surface area contributed by atoms with Gasteiger partial charge in [-0.1, -0.05) is 11.6 Å². The summed E-state index contributed by atoms with van der Waals surface area (Å²) in [6.45, 7) is 0. The topological polar surface area (TPSA) is 9.23 Å². The zero-order valence-corrected chi connectivity index (χ0v) is 5.46. The fourth-order valence-electron chi connectivity index (χ4n) is 0.0514. The lowest BCUT2D eigenvalue weighted by Crippen LogP contribution is -2.08. The minimum Gasteiger partial charge on any atom is -0.343 e. The summed E-state index contributed by atoms with van der Waals surface area (Å²) in [6.07, 6.45) is 0. The molecule has 0 amide bonds. The van der Waals surface area contributed by atoms with E-state index in [2.05, 4.69) is 4.74 Å². The highest BCUT2D eigenvalue weighted by Gasteiger charge is 2.10. The molecule has 0 aliphatic rings. The molecule has 0 fully saturated rings. The third-order valence-electron chi connectivity index (χ3n) is 0.311. The number of hydrogen-bond acceptors (Lipinski definition) is 1. The average molecular weight is 160 g/mol. The quantitative estimate of drug-likeness (QED) is 0.561. The van der Waals surface area contributed by atoms with Gasteiger partial charge in [-0.3, -0.25) is 0 Å². The molecule has 0 aromatic heterocycles. The molecule has 3 radical (unpaired) electrons. The van der Waals surface area contributed by atoms with Crippen LogP contribution in [0.3, 0.4) is 0 Å². The Morgan fingerprint density at radius 1 is 1.29 bits per heavy atom. The van der Waals surface area contributed by atoms with Gasteiger partial charge in [0.05, 0.1) is 0 Å². The van der Waals surface area contributed by atoms with Crippen molar-refractivity contribution in [2.24, 2.45) is 0 Å². The zero-order valence-electron chi connectivity index (χ0n) is 3.20. The first-order valence-electron chi connectivity index (χ1n) is 1.43. The molecule has 1 unspecified atom stereocenters. The second-order valence-corrected chi connectivity index (χ2v) is 2.40. The van der Waals surface area contributed by atoms with Crippen molar-refractivity contribution in [3.8, 4) is 0 Å². The Morgan fingerprint density at radius 2 is 1.71 bits per heavy atom. The Morgan fingerprint density at radius 3 is 1.71 bits per heavy atom. The van der Waals surface area contributed by atoms with E-state index in [0.717, 1.165) is 0 Å². The van der Waals surface area contributed by atoms with Gasteiger partial charge in [0, 0.05) is 0 Å². The van der Waals surface area contributed by atoms with Crippen molar-refractivity contribution in [3.63, 3.8) is 0 Å². The van der Waals surface area contributed by atoms with Crippen LogP contribution in [-0.4, -0.2) is 10.4 Å². The smallest absolute Gasteiger partial charge is 0.175 e. The molecule has 0 saturated heterocycles. The van der Waals surface area contributed by atoms with Gasteiger partial charge < -0.3 is 4.74 Å². The summed E-state index contributed by atoms with van der Waals surface area (Å²) >= 11 is 15.4. The van der Waals surface area contributed by atoms with Crippen molar-refractivity contribution >= 4 is 34.8 Å². The Labute approximate surface area is 57.5 Å². The molecule has 1 atom stereocenters. The molecule has 0 heterocycles. The number of rotatable bonds is 2. The highest BCUT2D eigenvalue weighted by molar-refractivity contribution is 6.48. The van der Waals surface area contributed by atoms with Crippen LogP contribution >= 0.6 is 34.8 Å². The van der Waals surface area contributed by atoms with Gasteiger partial charge in [-0.25, -0.2) is 0 Å². The van der Waals surface area contributed by atoms with Gasteiger partial charge in [0.2, 0.25) is 0 Å². The second kappa shape index (κ2) is 3.79. The molecule has 1 nitrogen and oxygen atoms in total. The monoisotopic (exact) mass is 159 g/mol. The van der Waals surface area contributed by atoms with Crippen molar-refractivity contribution in [1.29, 1.82) is 0 Å². The molecule has 0 bridgehead atoms. The van der Waals surface area contributed by atoms with Crippen LogP contribution in [0.2, 0.25) is 0 Å². The zero-order chi connectivity index (χ0) is 5.86. The summed E-state index contributed by atoms with van der Waals surface area (Å²) in [5.74, 6) is 0. The highest BCUT2D eigenvalue weighted by atomic mass is 35.5. The van der Waals surface area contributed by atoms with Crippen molar-refractivity contribution < 1.29 is 4.74 Å². The first kappa shape index (κ1) is 7.83. The minimum absolute atomic E-state index is 0.834. The molecule has 0 aromatic carbocycles. The first-order valence-corrected chi connectivity index (χ1v) is 2.74. The molecule has 41 valence electrons. The van der Waals surface area contributed by atoms with E-state index in [4.69, 9.17) is 41.9 Å². The normalized spacial score (nSPS) is 15.0.